The third-order valence-corrected chi connectivity index (χ3v) is 11.2. The van der Waals surface area contributed by atoms with Crippen LogP contribution in [0.3, 0.4) is 0 Å². The lowest BCUT2D eigenvalue weighted by Crippen LogP contribution is -2.47. The second-order valence-corrected chi connectivity index (χ2v) is 12.9. The van der Waals surface area contributed by atoms with Gasteiger partial charge in [0, 0.05) is 6.61 Å². The molecule has 4 heteroatoms. The normalized spacial score (nSPS) is 14.5. The zero-order chi connectivity index (χ0) is 17.7. The molecular weight excluding hydrogens is 316 g/mol. The Bertz CT molecular complexity index is 542. The average molecular weight is 349 g/mol. The van der Waals surface area contributed by atoms with E-state index in [-0.39, 0.29) is 0 Å². The summed E-state index contributed by atoms with van der Waals surface area (Å²) < 4.78 is 17.3. The van der Waals surface area contributed by atoms with Crippen molar-refractivity contribution in [3.8, 4) is 11.5 Å². The van der Waals surface area contributed by atoms with Gasteiger partial charge in [0.1, 0.15) is 0 Å². The Balaban J connectivity index is 1.91. The average Bonchev–Trinajstić information content (AvgIpc) is 2.97. The summed E-state index contributed by atoms with van der Waals surface area (Å²) in [5.41, 5.74) is 3.04. The summed E-state index contributed by atoms with van der Waals surface area (Å²) in [6.45, 7) is 15.1. The van der Waals surface area contributed by atoms with Gasteiger partial charge in [0.2, 0.25) is 6.79 Å². The molecule has 0 saturated heterocycles. The van der Waals surface area contributed by atoms with E-state index in [1.807, 2.05) is 12.1 Å². The fourth-order valence-corrected chi connectivity index (χ4v) is 9.51. The van der Waals surface area contributed by atoms with Gasteiger partial charge in [0.15, 0.2) is 19.8 Å². The third kappa shape index (κ3) is 4.04. The van der Waals surface area contributed by atoms with E-state index in [4.69, 9.17) is 13.9 Å². The van der Waals surface area contributed by atoms with Crippen LogP contribution in [-0.2, 0) is 4.43 Å². The Morgan fingerprint density at radius 1 is 1.00 bits per heavy atom. The first-order valence-corrected chi connectivity index (χ1v) is 11.2. The van der Waals surface area contributed by atoms with Crippen LogP contribution >= 0.6 is 0 Å². The topological polar surface area (TPSA) is 27.7 Å². The Morgan fingerprint density at radius 2 is 1.62 bits per heavy atom. The Hall–Kier alpha value is -1.26. The molecule has 0 atom stereocenters. The van der Waals surface area contributed by atoms with Gasteiger partial charge in [-0.2, -0.15) is 0 Å². The van der Waals surface area contributed by atoms with Crippen molar-refractivity contribution in [2.45, 2.75) is 64.6 Å². The van der Waals surface area contributed by atoms with Crippen molar-refractivity contribution in [1.82, 2.24) is 0 Å². The first-order chi connectivity index (χ1) is 11.4. The fourth-order valence-electron chi connectivity index (χ4n) is 4.04. The highest BCUT2D eigenvalue weighted by molar-refractivity contribution is 6.77. The lowest BCUT2D eigenvalue weighted by Gasteiger charge is -2.42. The van der Waals surface area contributed by atoms with Gasteiger partial charge in [-0.05, 0) is 40.7 Å². The molecule has 0 radical (unpaired) electrons. The molecule has 1 heterocycles. The van der Waals surface area contributed by atoms with Gasteiger partial charge in [0.25, 0.3) is 0 Å². The van der Waals surface area contributed by atoms with Crippen molar-refractivity contribution in [1.29, 1.82) is 0 Å². The molecule has 1 aliphatic rings. The SMILES string of the molecule is CC(C)[Si](OCC/C=C/c1ccc2c(c1)OCO2)(C(C)C)C(C)C. The first-order valence-electron chi connectivity index (χ1n) is 9.08. The minimum Gasteiger partial charge on any atom is -0.454 e. The highest BCUT2D eigenvalue weighted by Crippen LogP contribution is 2.42. The Labute approximate surface area is 148 Å². The van der Waals surface area contributed by atoms with Crippen LogP contribution in [0.1, 0.15) is 53.5 Å². The number of benzene rings is 1. The van der Waals surface area contributed by atoms with Gasteiger partial charge in [-0.3, -0.25) is 0 Å². The molecule has 0 N–H and O–H groups in total. The summed E-state index contributed by atoms with van der Waals surface area (Å²) in [4.78, 5) is 0. The molecule has 0 aliphatic carbocycles. The van der Waals surface area contributed by atoms with Crippen LogP contribution in [0.2, 0.25) is 16.6 Å². The Kier molecular flexibility index (Phi) is 6.52. The van der Waals surface area contributed by atoms with Crippen molar-refractivity contribution in [3.63, 3.8) is 0 Å². The molecule has 0 aromatic heterocycles. The molecule has 0 bridgehead atoms. The molecule has 1 aliphatic heterocycles. The van der Waals surface area contributed by atoms with Crippen LogP contribution in [-0.4, -0.2) is 21.7 Å². The molecule has 1 aromatic rings. The molecule has 134 valence electrons. The lowest BCUT2D eigenvalue weighted by atomic mass is 10.2. The highest BCUT2D eigenvalue weighted by atomic mass is 28.4. The monoisotopic (exact) mass is 348 g/mol. The molecule has 2 rings (SSSR count). The highest BCUT2D eigenvalue weighted by Gasteiger charge is 2.44. The summed E-state index contributed by atoms with van der Waals surface area (Å²) in [5.74, 6) is 1.66. The molecule has 0 saturated carbocycles. The van der Waals surface area contributed by atoms with Crippen LogP contribution in [0.4, 0.5) is 0 Å². The molecule has 3 nitrogen and oxygen atoms in total. The number of fused-ring (bicyclic) bond motifs is 1. The van der Waals surface area contributed by atoms with Crippen LogP contribution in [0.15, 0.2) is 24.3 Å². The van der Waals surface area contributed by atoms with Crippen molar-refractivity contribution in [2.75, 3.05) is 13.4 Å². The third-order valence-electron chi connectivity index (χ3n) is 5.05. The number of rotatable bonds is 8. The smallest absolute Gasteiger partial charge is 0.231 e. The minimum absolute atomic E-state index is 0.322. The summed E-state index contributed by atoms with van der Waals surface area (Å²) in [6.07, 6.45) is 5.27. The van der Waals surface area contributed by atoms with Gasteiger partial charge in [0.05, 0.1) is 0 Å². The van der Waals surface area contributed by atoms with Gasteiger partial charge < -0.3 is 13.9 Å². The van der Waals surface area contributed by atoms with E-state index in [9.17, 15) is 0 Å². The van der Waals surface area contributed by atoms with Gasteiger partial charge in [-0.25, -0.2) is 0 Å². The van der Waals surface area contributed by atoms with Crippen molar-refractivity contribution in [3.05, 3.63) is 29.8 Å². The van der Waals surface area contributed by atoms with E-state index in [0.29, 0.717) is 23.4 Å². The van der Waals surface area contributed by atoms with E-state index >= 15 is 0 Å². The van der Waals surface area contributed by atoms with Gasteiger partial charge in [-0.15, -0.1) is 0 Å². The van der Waals surface area contributed by atoms with E-state index in [1.165, 1.54) is 0 Å². The zero-order valence-electron chi connectivity index (χ0n) is 16.0. The van der Waals surface area contributed by atoms with E-state index in [2.05, 4.69) is 59.8 Å². The van der Waals surface area contributed by atoms with Gasteiger partial charge >= 0.3 is 0 Å². The van der Waals surface area contributed by atoms with Crippen molar-refractivity contribution in [2.24, 2.45) is 0 Å². The standard InChI is InChI=1S/C20H32O3Si/c1-15(2)24(16(3)4,17(5)6)23-12-8-7-9-18-10-11-19-20(13-18)22-14-21-19/h7,9-11,13,15-17H,8,12,14H2,1-6H3/b9-7+. The summed E-state index contributed by atoms with van der Waals surface area (Å²) >= 11 is 0. The quantitative estimate of drug-likeness (QED) is 0.425. The summed E-state index contributed by atoms with van der Waals surface area (Å²) in [6, 6.07) is 6.04. The zero-order valence-corrected chi connectivity index (χ0v) is 17.0. The second-order valence-electron chi connectivity index (χ2n) is 7.47. The van der Waals surface area contributed by atoms with Crippen LogP contribution in [0.5, 0.6) is 11.5 Å². The minimum atomic E-state index is -1.74. The summed E-state index contributed by atoms with van der Waals surface area (Å²) in [5, 5.41) is 0. The lowest BCUT2D eigenvalue weighted by molar-refractivity contribution is 0.174. The second kappa shape index (κ2) is 8.21. The van der Waals surface area contributed by atoms with E-state index in [1.54, 1.807) is 0 Å². The number of hydrogen-bond donors (Lipinski definition) is 0. The molecule has 24 heavy (non-hydrogen) atoms. The van der Waals surface area contributed by atoms with Crippen LogP contribution < -0.4 is 9.47 Å². The molecular formula is C20H32O3Si. The van der Waals surface area contributed by atoms with Crippen LogP contribution in [0, 0.1) is 0 Å². The van der Waals surface area contributed by atoms with Crippen molar-refractivity contribution < 1.29 is 13.9 Å². The number of ether oxygens (including phenoxy) is 2. The predicted molar refractivity (Wildman–Crippen MR) is 103 cm³/mol. The van der Waals surface area contributed by atoms with Crippen molar-refractivity contribution >= 4 is 14.4 Å². The van der Waals surface area contributed by atoms with E-state index < -0.39 is 8.32 Å². The maximum atomic E-state index is 6.57. The molecule has 0 unspecified atom stereocenters. The van der Waals surface area contributed by atoms with Gasteiger partial charge in [-0.1, -0.05) is 59.8 Å². The number of hydrogen-bond acceptors (Lipinski definition) is 3. The molecule has 1 aromatic carbocycles. The molecule has 0 fully saturated rings. The Morgan fingerprint density at radius 3 is 2.25 bits per heavy atom. The molecule has 0 amide bonds. The largest absolute Gasteiger partial charge is 0.454 e. The molecule has 0 spiro atoms. The maximum Gasteiger partial charge on any atom is 0.231 e. The van der Waals surface area contributed by atoms with Crippen LogP contribution in [0.25, 0.3) is 6.08 Å². The summed E-state index contributed by atoms with van der Waals surface area (Å²) in [7, 11) is -1.74. The fraction of sp³-hybridized carbons (Fsp3) is 0.600. The first kappa shape index (κ1) is 19.1. The van der Waals surface area contributed by atoms with E-state index in [0.717, 1.165) is 30.1 Å². The predicted octanol–water partition coefficient (Wildman–Crippen LogP) is 6.01. The maximum absolute atomic E-state index is 6.57.